The number of hydrogen-bond donors (Lipinski definition) is 2. The Labute approximate surface area is 265 Å². The van der Waals surface area contributed by atoms with Crippen molar-refractivity contribution in [2.24, 2.45) is 5.73 Å². The molecule has 4 heterocycles. The molecule has 232 valence electrons. The smallest absolute Gasteiger partial charge is 0.243 e. The van der Waals surface area contributed by atoms with Crippen molar-refractivity contribution in [2.45, 2.75) is 49.5 Å². The third-order valence-corrected chi connectivity index (χ3v) is 10.8. The minimum atomic E-state index is -3.54. The Bertz CT molecular complexity index is 1740. The fraction of sp³-hybridized carbons (Fsp3) is 0.394. The molecule has 1 aliphatic carbocycles. The average Bonchev–Trinajstić information content (AvgIpc) is 3.32. The third kappa shape index (κ3) is 6.14. The monoisotopic (exact) mass is 634 g/mol. The van der Waals surface area contributed by atoms with Crippen molar-refractivity contribution in [3.05, 3.63) is 72.1 Å². The van der Waals surface area contributed by atoms with Crippen LogP contribution < -0.4 is 16.0 Å². The van der Waals surface area contributed by atoms with Gasteiger partial charge in [-0.25, -0.2) is 13.4 Å². The van der Waals surface area contributed by atoms with Gasteiger partial charge in [-0.15, -0.1) is 12.4 Å². The van der Waals surface area contributed by atoms with Crippen molar-refractivity contribution in [3.63, 3.8) is 0 Å². The third-order valence-electron chi connectivity index (χ3n) is 8.85. The van der Waals surface area contributed by atoms with Crippen LogP contribution in [0.2, 0.25) is 0 Å². The number of aryl methyl sites for hydroxylation is 1. The van der Waals surface area contributed by atoms with E-state index in [9.17, 15) is 8.42 Å². The molecule has 2 fully saturated rings. The number of benzene rings is 2. The van der Waals surface area contributed by atoms with E-state index in [2.05, 4.69) is 33.4 Å². The summed E-state index contributed by atoms with van der Waals surface area (Å²) in [5.74, 6) is 0.687. The van der Waals surface area contributed by atoms with E-state index < -0.39 is 10.0 Å². The standard InChI is InChI=1S/C33H38N6O3S.ClH/c34-25-13-15-38(22-25)33-28-4-2-1-3-5-30(28)37-31-11-6-23(20-29(31)33)24-12-14-35-32(21-24)36-26-7-9-27(10-8-26)43(40,41)39-16-18-42-19-17-39;/h6-12,14,20-21,25H,1-5,13,15-19,22,34H2,(H,35,36);1H. The normalized spacial score (nSPS) is 19.3. The fourth-order valence-corrected chi connectivity index (χ4v) is 7.99. The second-order valence-electron chi connectivity index (χ2n) is 11.8. The van der Waals surface area contributed by atoms with Crippen LogP contribution in [0.25, 0.3) is 22.0 Å². The van der Waals surface area contributed by atoms with Crippen LogP contribution in [0.4, 0.5) is 17.2 Å². The molecule has 44 heavy (non-hydrogen) atoms. The lowest BCUT2D eigenvalue weighted by Crippen LogP contribution is -2.40. The lowest BCUT2D eigenvalue weighted by molar-refractivity contribution is 0.0730. The molecule has 2 aromatic heterocycles. The summed E-state index contributed by atoms with van der Waals surface area (Å²) in [6.45, 7) is 3.45. The molecule has 0 radical (unpaired) electrons. The summed E-state index contributed by atoms with van der Waals surface area (Å²) in [5, 5.41) is 4.53. The maximum atomic E-state index is 13.0. The molecule has 2 aromatic carbocycles. The van der Waals surface area contributed by atoms with Gasteiger partial charge in [0.25, 0.3) is 0 Å². The molecule has 3 aliphatic rings. The first-order valence-electron chi connectivity index (χ1n) is 15.3. The van der Waals surface area contributed by atoms with Crippen LogP contribution >= 0.6 is 12.4 Å². The molecule has 1 unspecified atom stereocenters. The topological polar surface area (TPSA) is 114 Å². The molecule has 9 nitrogen and oxygen atoms in total. The van der Waals surface area contributed by atoms with Gasteiger partial charge in [0.15, 0.2) is 0 Å². The van der Waals surface area contributed by atoms with E-state index in [0.29, 0.717) is 32.1 Å². The summed E-state index contributed by atoms with van der Waals surface area (Å²) in [5.41, 5.74) is 14.3. The second-order valence-corrected chi connectivity index (χ2v) is 13.7. The predicted molar refractivity (Wildman–Crippen MR) is 178 cm³/mol. The molecule has 4 aromatic rings. The number of anilines is 3. The molecule has 2 saturated heterocycles. The van der Waals surface area contributed by atoms with Gasteiger partial charge in [-0.1, -0.05) is 12.5 Å². The molecule has 11 heteroatoms. The van der Waals surface area contributed by atoms with Crippen molar-refractivity contribution >= 4 is 50.5 Å². The van der Waals surface area contributed by atoms with E-state index in [4.69, 9.17) is 15.5 Å². The van der Waals surface area contributed by atoms with E-state index in [0.717, 1.165) is 54.7 Å². The minimum absolute atomic E-state index is 0. The van der Waals surface area contributed by atoms with Gasteiger partial charge in [-0.05, 0) is 97.3 Å². The number of hydrogen-bond acceptors (Lipinski definition) is 8. The number of rotatable bonds is 6. The number of sulfonamides is 1. The zero-order chi connectivity index (χ0) is 29.4. The summed E-state index contributed by atoms with van der Waals surface area (Å²) < 4.78 is 32.8. The number of morpholine rings is 1. The summed E-state index contributed by atoms with van der Waals surface area (Å²) in [7, 11) is -3.54. The number of ether oxygens (including phenoxy) is 1. The Balaban J connectivity index is 0.00000343. The molecule has 1 atom stereocenters. The number of nitrogens with zero attached hydrogens (tertiary/aromatic N) is 4. The highest BCUT2D eigenvalue weighted by Gasteiger charge is 2.27. The lowest BCUT2D eigenvalue weighted by atomic mass is 9.97. The van der Waals surface area contributed by atoms with Gasteiger partial charge in [-0.3, -0.25) is 4.98 Å². The van der Waals surface area contributed by atoms with E-state index in [-0.39, 0.29) is 23.3 Å². The first-order chi connectivity index (χ1) is 21.0. The Hall–Kier alpha value is -3.28. The Morgan fingerprint density at radius 2 is 1.68 bits per heavy atom. The highest BCUT2D eigenvalue weighted by molar-refractivity contribution is 7.89. The molecule has 3 N–H and O–H groups in total. The molecule has 0 saturated carbocycles. The van der Waals surface area contributed by atoms with Gasteiger partial charge in [0, 0.05) is 55.2 Å². The molecule has 0 amide bonds. The van der Waals surface area contributed by atoms with Crippen molar-refractivity contribution in [2.75, 3.05) is 49.6 Å². The first-order valence-corrected chi connectivity index (χ1v) is 16.8. The Kier molecular flexibility index (Phi) is 9.07. The van der Waals surface area contributed by atoms with Crippen molar-refractivity contribution in [3.8, 4) is 11.1 Å². The van der Waals surface area contributed by atoms with Crippen LogP contribution in [-0.2, 0) is 27.6 Å². The summed E-state index contributed by atoms with van der Waals surface area (Å²) in [6.07, 6.45) is 8.57. The predicted octanol–water partition coefficient (Wildman–Crippen LogP) is 5.29. The quantitative estimate of drug-likeness (QED) is 0.275. The largest absolute Gasteiger partial charge is 0.379 e. The van der Waals surface area contributed by atoms with E-state index in [1.165, 1.54) is 45.9 Å². The van der Waals surface area contributed by atoms with Crippen LogP contribution in [-0.4, -0.2) is 68.1 Å². The zero-order valence-corrected chi connectivity index (χ0v) is 26.4. The van der Waals surface area contributed by atoms with Gasteiger partial charge < -0.3 is 20.7 Å². The fourth-order valence-electron chi connectivity index (χ4n) is 6.58. The molecule has 2 aliphatic heterocycles. The van der Waals surface area contributed by atoms with Crippen molar-refractivity contribution in [1.82, 2.24) is 14.3 Å². The van der Waals surface area contributed by atoms with Crippen LogP contribution in [0.3, 0.4) is 0 Å². The zero-order valence-electron chi connectivity index (χ0n) is 24.7. The highest BCUT2D eigenvalue weighted by Crippen LogP contribution is 2.39. The van der Waals surface area contributed by atoms with Crippen LogP contribution in [0, 0.1) is 0 Å². The second kappa shape index (κ2) is 13.0. The van der Waals surface area contributed by atoms with E-state index in [1.54, 1.807) is 30.5 Å². The number of aromatic nitrogens is 2. The first kappa shape index (κ1) is 30.7. The van der Waals surface area contributed by atoms with Crippen LogP contribution in [0.1, 0.15) is 36.9 Å². The van der Waals surface area contributed by atoms with Gasteiger partial charge >= 0.3 is 0 Å². The summed E-state index contributed by atoms with van der Waals surface area (Å²) >= 11 is 0. The number of fused-ring (bicyclic) bond motifs is 2. The summed E-state index contributed by atoms with van der Waals surface area (Å²) in [6, 6.07) is 17.7. The Morgan fingerprint density at radius 1 is 0.909 bits per heavy atom. The van der Waals surface area contributed by atoms with Crippen molar-refractivity contribution in [1.29, 1.82) is 0 Å². The number of pyridine rings is 2. The maximum Gasteiger partial charge on any atom is 0.243 e. The van der Waals surface area contributed by atoms with Gasteiger partial charge in [0.2, 0.25) is 10.0 Å². The number of halogens is 1. The van der Waals surface area contributed by atoms with E-state index >= 15 is 0 Å². The van der Waals surface area contributed by atoms with Crippen LogP contribution in [0.5, 0.6) is 0 Å². The van der Waals surface area contributed by atoms with Crippen LogP contribution in [0.15, 0.2) is 65.7 Å². The highest BCUT2D eigenvalue weighted by atomic mass is 35.5. The lowest BCUT2D eigenvalue weighted by Gasteiger charge is -2.26. The van der Waals surface area contributed by atoms with E-state index in [1.807, 2.05) is 12.1 Å². The minimum Gasteiger partial charge on any atom is -0.379 e. The Morgan fingerprint density at radius 3 is 2.45 bits per heavy atom. The molecular weight excluding hydrogens is 596 g/mol. The SMILES string of the molecule is Cl.NC1CCN(c2c3c(nc4ccc(-c5ccnc(Nc6ccc(S(=O)(=O)N7CCOCC7)cc6)c5)cc24)CCCCC3)C1. The van der Waals surface area contributed by atoms with Crippen molar-refractivity contribution < 1.29 is 13.2 Å². The molecule has 7 rings (SSSR count). The summed E-state index contributed by atoms with van der Waals surface area (Å²) in [4.78, 5) is 12.5. The van der Waals surface area contributed by atoms with Gasteiger partial charge in [0.1, 0.15) is 5.82 Å². The molecule has 0 spiro atoms. The van der Waals surface area contributed by atoms with Gasteiger partial charge in [0.05, 0.1) is 29.3 Å². The molecular formula is C33H39ClN6O3S. The number of nitrogens with two attached hydrogens (primary N) is 1. The van der Waals surface area contributed by atoms with Gasteiger partial charge in [-0.2, -0.15) is 4.31 Å². The maximum absolute atomic E-state index is 13.0. The average molecular weight is 635 g/mol. The number of nitrogens with one attached hydrogen (secondary N) is 1. The molecule has 0 bridgehead atoms.